The van der Waals surface area contributed by atoms with E-state index in [4.69, 9.17) is 5.73 Å². The zero-order valence-electron chi connectivity index (χ0n) is 12.3. The van der Waals surface area contributed by atoms with Crippen LogP contribution in [-0.2, 0) is 0 Å². The van der Waals surface area contributed by atoms with Gasteiger partial charge in [-0.25, -0.2) is 0 Å². The standard InChI is InChI=1S/C15H24N4O/c1-10(2)19-8-11(16)7-14(19)15(20)17-12-5-6-18(9-12)13-3-4-13/h7-8,10,12-13H,3-6,9,16H2,1-2H3,(H,17,20). The van der Waals surface area contributed by atoms with Gasteiger partial charge in [-0.2, -0.15) is 0 Å². The van der Waals surface area contributed by atoms with Gasteiger partial charge in [-0.3, -0.25) is 9.69 Å². The Balaban J connectivity index is 1.64. The third-order valence-corrected chi connectivity index (χ3v) is 4.28. The Hall–Kier alpha value is -1.49. The summed E-state index contributed by atoms with van der Waals surface area (Å²) in [5.74, 6) is -0.00181. The Morgan fingerprint density at radius 1 is 1.40 bits per heavy atom. The van der Waals surface area contributed by atoms with E-state index in [2.05, 4.69) is 24.1 Å². The van der Waals surface area contributed by atoms with Gasteiger partial charge in [0, 0.05) is 37.4 Å². The lowest BCUT2D eigenvalue weighted by Gasteiger charge is -2.17. The maximum absolute atomic E-state index is 12.4. The number of hydrogen-bond acceptors (Lipinski definition) is 3. The van der Waals surface area contributed by atoms with Crippen molar-refractivity contribution in [1.82, 2.24) is 14.8 Å². The molecule has 110 valence electrons. The number of anilines is 1. The summed E-state index contributed by atoms with van der Waals surface area (Å²) < 4.78 is 1.94. The highest BCUT2D eigenvalue weighted by Crippen LogP contribution is 2.29. The van der Waals surface area contributed by atoms with Crippen LogP contribution in [0, 0.1) is 0 Å². The molecule has 3 rings (SSSR count). The van der Waals surface area contributed by atoms with Crippen molar-refractivity contribution < 1.29 is 4.79 Å². The molecule has 0 spiro atoms. The molecule has 1 amide bonds. The van der Waals surface area contributed by atoms with Crippen LogP contribution in [0.2, 0.25) is 0 Å². The topological polar surface area (TPSA) is 63.3 Å². The summed E-state index contributed by atoms with van der Waals surface area (Å²) >= 11 is 0. The molecule has 0 radical (unpaired) electrons. The zero-order chi connectivity index (χ0) is 14.3. The van der Waals surface area contributed by atoms with Gasteiger partial charge in [0.1, 0.15) is 5.69 Å². The van der Waals surface area contributed by atoms with Crippen molar-refractivity contribution >= 4 is 11.6 Å². The van der Waals surface area contributed by atoms with E-state index in [-0.39, 0.29) is 18.0 Å². The lowest BCUT2D eigenvalue weighted by molar-refractivity contribution is 0.0926. The van der Waals surface area contributed by atoms with E-state index in [1.54, 1.807) is 6.07 Å². The van der Waals surface area contributed by atoms with E-state index in [1.807, 2.05) is 10.8 Å². The van der Waals surface area contributed by atoms with Gasteiger partial charge >= 0.3 is 0 Å². The van der Waals surface area contributed by atoms with E-state index in [0.29, 0.717) is 11.4 Å². The highest BCUT2D eigenvalue weighted by Gasteiger charge is 2.35. The molecule has 1 aromatic heterocycles. The second kappa shape index (κ2) is 5.13. The van der Waals surface area contributed by atoms with E-state index in [0.717, 1.165) is 25.6 Å². The number of rotatable bonds is 4. The van der Waals surface area contributed by atoms with Crippen LogP contribution in [0.15, 0.2) is 12.3 Å². The fourth-order valence-electron chi connectivity index (χ4n) is 3.05. The number of carbonyl (C=O) groups is 1. The van der Waals surface area contributed by atoms with Crippen LogP contribution in [0.25, 0.3) is 0 Å². The zero-order valence-corrected chi connectivity index (χ0v) is 12.3. The Morgan fingerprint density at radius 3 is 2.80 bits per heavy atom. The molecule has 1 aliphatic heterocycles. The van der Waals surface area contributed by atoms with E-state index < -0.39 is 0 Å². The third kappa shape index (κ3) is 2.68. The van der Waals surface area contributed by atoms with E-state index >= 15 is 0 Å². The van der Waals surface area contributed by atoms with Gasteiger partial charge in [0.2, 0.25) is 0 Å². The van der Waals surface area contributed by atoms with Crippen LogP contribution in [0.1, 0.15) is 49.6 Å². The SMILES string of the molecule is CC(C)n1cc(N)cc1C(=O)NC1CCN(C2CC2)C1. The molecule has 1 atom stereocenters. The maximum atomic E-state index is 12.4. The van der Waals surface area contributed by atoms with Crippen LogP contribution in [0.4, 0.5) is 5.69 Å². The van der Waals surface area contributed by atoms with Gasteiger partial charge in [-0.05, 0) is 39.2 Å². The number of nitrogens with zero attached hydrogens (tertiary/aromatic N) is 2. The highest BCUT2D eigenvalue weighted by molar-refractivity contribution is 5.94. The minimum Gasteiger partial charge on any atom is -0.397 e. The number of carbonyl (C=O) groups excluding carboxylic acids is 1. The van der Waals surface area contributed by atoms with Crippen molar-refractivity contribution in [3.63, 3.8) is 0 Å². The average Bonchev–Trinajstić information content (AvgIpc) is 3.01. The minimum atomic E-state index is -0.00181. The molecule has 1 unspecified atom stereocenters. The van der Waals surface area contributed by atoms with Crippen LogP contribution in [0.3, 0.4) is 0 Å². The van der Waals surface area contributed by atoms with Gasteiger partial charge in [0.15, 0.2) is 0 Å². The first-order chi connectivity index (χ1) is 9.54. The summed E-state index contributed by atoms with van der Waals surface area (Å²) in [5.41, 5.74) is 7.14. The van der Waals surface area contributed by atoms with Gasteiger partial charge < -0.3 is 15.6 Å². The highest BCUT2D eigenvalue weighted by atomic mass is 16.2. The van der Waals surface area contributed by atoms with Crippen LogP contribution in [-0.4, -0.2) is 40.5 Å². The first kappa shape index (κ1) is 13.5. The quantitative estimate of drug-likeness (QED) is 0.878. The monoisotopic (exact) mass is 276 g/mol. The molecule has 2 heterocycles. The largest absolute Gasteiger partial charge is 0.397 e. The second-order valence-corrected chi connectivity index (χ2v) is 6.34. The summed E-state index contributed by atoms with van der Waals surface area (Å²) in [6, 6.07) is 3.06. The average molecular weight is 276 g/mol. The molecule has 2 fully saturated rings. The normalized spacial score (nSPS) is 23.4. The number of amides is 1. The Bertz CT molecular complexity index is 504. The Kier molecular flexibility index (Phi) is 3.46. The number of aromatic nitrogens is 1. The third-order valence-electron chi connectivity index (χ3n) is 4.28. The lowest BCUT2D eigenvalue weighted by Crippen LogP contribution is -2.38. The summed E-state index contributed by atoms with van der Waals surface area (Å²) in [7, 11) is 0. The predicted octanol–water partition coefficient (Wildman–Crippen LogP) is 1.62. The van der Waals surface area contributed by atoms with Crippen LogP contribution in [0.5, 0.6) is 0 Å². The van der Waals surface area contributed by atoms with E-state index in [9.17, 15) is 4.79 Å². The van der Waals surface area contributed by atoms with Gasteiger partial charge in [-0.15, -0.1) is 0 Å². The number of nitrogens with two attached hydrogens (primary N) is 1. The molecule has 5 nitrogen and oxygen atoms in total. The van der Waals surface area contributed by atoms with Crippen molar-refractivity contribution in [3.05, 3.63) is 18.0 Å². The molecule has 5 heteroatoms. The summed E-state index contributed by atoms with van der Waals surface area (Å²) in [6.07, 6.45) is 5.55. The first-order valence-corrected chi connectivity index (χ1v) is 7.57. The van der Waals surface area contributed by atoms with E-state index in [1.165, 1.54) is 12.8 Å². The molecular formula is C15H24N4O. The van der Waals surface area contributed by atoms with Crippen molar-refractivity contribution in [2.75, 3.05) is 18.8 Å². The van der Waals surface area contributed by atoms with Crippen molar-refractivity contribution in [1.29, 1.82) is 0 Å². The lowest BCUT2D eigenvalue weighted by atomic mass is 10.2. The van der Waals surface area contributed by atoms with Crippen LogP contribution < -0.4 is 11.1 Å². The molecule has 20 heavy (non-hydrogen) atoms. The number of nitrogen functional groups attached to an aromatic ring is 1. The molecule has 1 saturated heterocycles. The van der Waals surface area contributed by atoms with Gasteiger partial charge in [0.05, 0.1) is 5.69 Å². The first-order valence-electron chi connectivity index (χ1n) is 7.57. The number of hydrogen-bond donors (Lipinski definition) is 2. The Morgan fingerprint density at radius 2 is 2.15 bits per heavy atom. The maximum Gasteiger partial charge on any atom is 0.268 e. The molecule has 0 bridgehead atoms. The van der Waals surface area contributed by atoms with Gasteiger partial charge in [0.25, 0.3) is 5.91 Å². The smallest absolute Gasteiger partial charge is 0.268 e. The number of nitrogens with one attached hydrogen (secondary N) is 1. The fourth-order valence-corrected chi connectivity index (χ4v) is 3.05. The van der Waals surface area contributed by atoms with Crippen LogP contribution >= 0.6 is 0 Å². The predicted molar refractivity (Wildman–Crippen MR) is 79.7 cm³/mol. The second-order valence-electron chi connectivity index (χ2n) is 6.34. The van der Waals surface area contributed by atoms with Crippen molar-refractivity contribution in [2.45, 2.75) is 51.2 Å². The summed E-state index contributed by atoms with van der Waals surface area (Å²) in [5, 5.41) is 3.16. The Labute approximate surface area is 120 Å². The van der Waals surface area contributed by atoms with Crippen molar-refractivity contribution in [2.24, 2.45) is 0 Å². The minimum absolute atomic E-state index is 0.00181. The molecule has 0 aromatic carbocycles. The molecule has 3 N–H and O–H groups in total. The molecule has 1 aliphatic carbocycles. The summed E-state index contributed by atoms with van der Waals surface area (Å²) in [4.78, 5) is 14.9. The van der Waals surface area contributed by atoms with Crippen molar-refractivity contribution in [3.8, 4) is 0 Å². The molecular weight excluding hydrogens is 252 g/mol. The molecule has 2 aliphatic rings. The fraction of sp³-hybridized carbons (Fsp3) is 0.667. The summed E-state index contributed by atoms with van der Waals surface area (Å²) in [6.45, 7) is 6.22. The van der Waals surface area contributed by atoms with Gasteiger partial charge in [-0.1, -0.05) is 0 Å². The molecule has 1 saturated carbocycles. The number of likely N-dealkylation sites (tertiary alicyclic amines) is 1. The molecule has 1 aromatic rings.